The molecule has 0 amide bonds. The second-order valence-corrected chi connectivity index (χ2v) is 8.73. The van der Waals surface area contributed by atoms with E-state index < -0.39 is 5.60 Å². The minimum absolute atomic E-state index is 0.0458. The quantitative estimate of drug-likeness (QED) is 0.875. The summed E-state index contributed by atoms with van der Waals surface area (Å²) in [5, 5.41) is 9.78. The highest BCUT2D eigenvalue weighted by Crippen LogP contribution is 2.45. The second-order valence-electron chi connectivity index (χ2n) is 8.73. The number of fused-ring (bicyclic) bond motifs is 1. The van der Waals surface area contributed by atoms with Gasteiger partial charge in [-0.25, -0.2) is 0 Å². The van der Waals surface area contributed by atoms with Gasteiger partial charge in [0.1, 0.15) is 11.4 Å². The average Bonchev–Trinajstić information content (AvgIpc) is 3.07. The van der Waals surface area contributed by atoms with Gasteiger partial charge in [0.2, 0.25) is 0 Å². The van der Waals surface area contributed by atoms with E-state index in [4.69, 9.17) is 4.74 Å². The Labute approximate surface area is 168 Å². The third kappa shape index (κ3) is 3.14. The van der Waals surface area contributed by atoms with Crippen LogP contribution in [0, 0.1) is 27.7 Å². The van der Waals surface area contributed by atoms with Gasteiger partial charge in [0, 0.05) is 49.5 Å². The van der Waals surface area contributed by atoms with E-state index in [1.54, 1.807) is 0 Å². The number of aryl methyl sites for hydroxylation is 1. The predicted molar refractivity (Wildman–Crippen MR) is 116 cm³/mol. The summed E-state index contributed by atoms with van der Waals surface area (Å²) in [5.74, 6) is 0.994. The number of anilines is 2. The number of rotatable bonds is 3. The largest absolute Gasteiger partial charge is 0.484 e. The van der Waals surface area contributed by atoms with Gasteiger partial charge >= 0.3 is 0 Å². The average molecular weight is 381 g/mol. The molecule has 0 radical (unpaired) electrons. The van der Waals surface area contributed by atoms with Gasteiger partial charge in [-0.3, -0.25) is 0 Å². The lowest BCUT2D eigenvalue weighted by Gasteiger charge is -2.39. The Kier molecular flexibility index (Phi) is 4.78. The van der Waals surface area contributed by atoms with Gasteiger partial charge in [-0.05, 0) is 63.4 Å². The molecule has 4 nitrogen and oxygen atoms in total. The van der Waals surface area contributed by atoms with Crippen molar-refractivity contribution in [3.8, 4) is 5.75 Å². The molecule has 1 saturated heterocycles. The highest BCUT2D eigenvalue weighted by Gasteiger charge is 2.38. The van der Waals surface area contributed by atoms with Crippen LogP contribution in [-0.4, -0.2) is 43.5 Å². The van der Waals surface area contributed by atoms with Crippen molar-refractivity contribution in [2.75, 3.05) is 42.6 Å². The first kappa shape index (κ1) is 19.1. The summed E-state index contributed by atoms with van der Waals surface area (Å²) >= 11 is 0. The smallest absolute Gasteiger partial charge is 0.133 e. The zero-order chi connectivity index (χ0) is 20.1. The van der Waals surface area contributed by atoms with E-state index in [0.717, 1.165) is 38.3 Å². The summed E-state index contributed by atoms with van der Waals surface area (Å²) in [4.78, 5) is 5.02. The summed E-state index contributed by atoms with van der Waals surface area (Å²) in [6.07, 6.45) is 0.780. The summed E-state index contributed by atoms with van der Waals surface area (Å²) in [7, 11) is 0. The number of hydrogen-bond acceptors (Lipinski definition) is 4. The molecule has 2 aliphatic rings. The number of hydrogen-bond donors (Lipinski definition) is 1. The van der Waals surface area contributed by atoms with Gasteiger partial charge in [0.25, 0.3) is 0 Å². The molecular formula is C24H32N2O2. The number of benzene rings is 2. The van der Waals surface area contributed by atoms with Crippen LogP contribution in [0.3, 0.4) is 0 Å². The normalized spacial score (nSPS) is 21.6. The van der Waals surface area contributed by atoms with E-state index in [1.165, 1.54) is 39.2 Å². The second kappa shape index (κ2) is 7.00. The lowest BCUT2D eigenvalue weighted by atomic mass is 9.91. The van der Waals surface area contributed by atoms with Crippen molar-refractivity contribution in [2.45, 2.75) is 46.6 Å². The predicted octanol–water partition coefficient (Wildman–Crippen LogP) is 3.93. The lowest BCUT2D eigenvalue weighted by Crippen LogP contribution is -2.47. The van der Waals surface area contributed by atoms with E-state index in [-0.39, 0.29) is 6.61 Å². The van der Waals surface area contributed by atoms with Crippen molar-refractivity contribution < 1.29 is 9.84 Å². The van der Waals surface area contributed by atoms with Gasteiger partial charge in [0.05, 0.1) is 6.61 Å². The third-order valence-electron chi connectivity index (χ3n) is 6.57. The molecule has 0 saturated carbocycles. The monoisotopic (exact) mass is 380 g/mol. The molecule has 4 rings (SSSR count). The molecule has 0 bridgehead atoms. The maximum atomic E-state index is 9.78. The summed E-state index contributed by atoms with van der Waals surface area (Å²) in [6, 6.07) is 8.85. The van der Waals surface area contributed by atoms with E-state index in [0.29, 0.717) is 0 Å². The fourth-order valence-corrected chi connectivity index (χ4v) is 4.68. The summed E-state index contributed by atoms with van der Waals surface area (Å²) in [5.41, 5.74) is 8.61. The van der Waals surface area contributed by atoms with Gasteiger partial charge < -0.3 is 19.6 Å². The van der Waals surface area contributed by atoms with Gasteiger partial charge in [0.15, 0.2) is 0 Å². The van der Waals surface area contributed by atoms with Crippen molar-refractivity contribution in [2.24, 2.45) is 0 Å². The van der Waals surface area contributed by atoms with Gasteiger partial charge in [-0.1, -0.05) is 17.7 Å². The summed E-state index contributed by atoms with van der Waals surface area (Å²) in [6.45, 7) is 14.9. The first-order valence-electron chi connectivity index (χ1n) is 10.3. The minimum Gasteiger partial charge on any atom is -0.484 e. The van der Waals surface area contributed by atoms with Crippen molar-refractivity contribution >= 4 is 11.4 Å². The standard InChI is InChI=1S/C24H32N2O2/c1-16-6-8-20(9-7-16)25-10-12-26(13-11-25)22-17(2)18(3)23-21(19(22)4)14-24(5,15-27)28-23/h6-9,27H,10-15H2,1-5H3. The molecular weight excluding hydrogens is 348 g/mol. The lowest BCUT2D eigenvalue weighted by molar-refractivity contribution is 0.0442. The number of ether oxygens (including phenoxy) is 1. The maximum absolute atomic E-state index is 9.78. The molecule has 2 aliphatic heterocycles. The Hall–Kier alpha value is -2.20. The number of aliphatic hydroxyl groups excluding tert-OH is 1. The van der Waals surface area contributed by atoms with E-state index >= 15 is 0 Å². The van der Waals surface area contributed by atoms with Crippen LogP contribution >= 0.6 is 0 Å². The molecule has 4 heteroatoms. The Balaban J connectivity index is 1.59. The van der Waals surface area contributed by atoms with Crippen LogP contribution in [0.5, 0.6) is 5.75 Å². The zero-order valence-electron chi connectivity index (χ0n) is 17.8. The SMILES string of the molecule is Cc1ccc(N2CCN(c3c(C)c(C)c4c(c3C)CC(C)(CO)O4)CC2)cc1. The molecule has 0 aliphatic carbocycles. The molecule has 0 aromatic heterocycles. The van der Waals surface area contributed by atoms with Crippen LogP contribution in [-0.2, 0) is 6.42 Å². The number of aliphatic hydroxyl groups is 1. The number of nitrogens with zero attached hydrogens (tertiary/aromatic N) is 2. The van der Waals surface area contributed by atoms with Crippen LogP contribution in [0.25, 0.3) is 0 Å². The van der Waals surface area contributed by atoms with E-state index in [9.17, 15) is 5.11 Å². The van der Waals surface area contributed by atoms with Crippen molar-refractivity contribution in [1.29, 1.82) is 0 Å². The number of piperazine rings is 1. The molecule has 150 valence electrons. The van der Waals surface area contributed by atoms with E-state index in [1.807, 2.05) is 6.92 Å². The van der Waals surface area contributed by atoms with Crippen LogP contribution in [0.1, 0.15) is 34.7 Å². The zero-order valence-corrected chi connectivity index (χ0v) is 17.8. The molecule has 1 fully saturated rings. The van der Waals surface area contributed by atoms with Crippen LogP contribution in [0.15, 0.2) is 24.3 Å². The summed E-state index contributed by atoms with van der Waals surface area (Å²) < 4.78 is 6.19. The topological polar surface area (TPSA) is 35.9 Å². The van der Waals surface area contributed by atoms with E-state index in [2.05, 4.69) is 61.8 Å². The van der Waals surface area contributed by atoms with Gasteiger partial charge in [-0.2, -0.15) is 0 Å². The molecule has 1 N–H and O–H groups in total. The Morgan fingerprint density at radius 1 is 0.893 bits per heavy atom. The third-order valence-corrected chi connectivity index (χ3v) is 6.57. The van der Waals surface area contributed by atoms with Crippen LogP contribution < -0.4 is 14.5 Å². The Morgan fingerprint density at radius 3 is 2.11 bits per heavy atom. The minimum atomic E-state index is -0.493. The molecule has 2 heterocycles. The fourth-order valence-electron chi connectivity index (χ4n) is 4.68. The van der Waals surface area contributed by atoms with Crippen molar-refractivity contribution in [3.63, 3.8) is 0 Å². The van der Waals surface area contributed by atoms with Gasteiger partial charge in [-0.15, -0.1) is 0 Å². The Morgan fingerprint density at radius 2 is 1.50 bits per heavy atom. The first-order chi connectivity index (χ1) is 13.3. The first-order valence-corrected chi connectivity index (χ1v) is 10.3. The van der Waals surface area contributed by atoms with Crippen molar-refractivity contribution in [1.82, 2.24) is 0 Å². The molecule has 1 unspecified atom stereocenters. The highest BCUT2D eigenvalue weighted by atomic mass is 16.5. The Bertz CT molecular complexity index is 883. The molecule has 0 spiro atoms. The highest BCUT2D eigenvalue weighted by molar-refractivity contribution is 5.70. The molecule has 28 heavy (non-hydrogen) atoms. The molecule has 2 aromatic carbocycles. The van der Waals surface area contributed by atoms with Crippen LogP contribution in [0.4, 0.5) is 11.4 Å². The molecule has 1 atom stereocenters. The van der Waals surface area contributed by atoms with Crippen LogP contribution in [0.2, 0.25) is 0 Å². The van der Waals surface area contributed by atoms with Crippen molar-refractivity contribution in [3.05, 3.63) is 52.1 Å². The molecule has 2 aromatic rings. The fraction of sp³-hybridized carbons (Fsp3) is 0.500. The maximum Gasteiger partial charge on any atom is 0.133 e.